The summed E-state index contributed by atoms with van der Waals surface area (Å²) in [6.07, 6.45) is 2.62. The maximum absolute atomic E-state index is 6.67. The Labute approximate surface area is 196 Å². The van der Waals surface area contributed by atoms with Gasteiger partial charge in [0.05, 0.1) is 23.0 Å². The number of aromatic nitrogens is 4. The van der Waals surface area contributed by atoms with E-state index in [0.717, 1.165) is 28.1 Å². The molecule has 0 unspecified atom stereocenters. The molecule has 7 heteroatoms. The van der Waals surface area contributed by atoms with E-state index < -0.39 is 0 Å². The molecule has 0 N–H and O–H groups in total. The second kappa shape index (κ2) is 7.74. The van der Waals surface area contributed by atoms with E-state index in [-0.39, 0.29) is 0 Å². The van der Waals surface area contributed by atoms with Gasteiger partial charge in [-0.1, -0.05) is 59.2 Å². The van der Waals surface area contributed by atoms with Crippen molar-refractivity contribution in [3.05, 3.63) is 77.3 Å². The minimum absolute atomic E-state index is 0.371. The average Bonchev–Trinajstić information content (AvgIpc) is 3.62. The molecule has 6 nitrogen and oxygen atoms in total. The van der Waals surface area contributed by atoms with Crippen molar-refractivity contribution >= 4 is 39.8 Å². The molecule has 0 spiro atoms. The molecule has 33 heavy (non-hydrogen) atoms. The Morgan fingerprint density at radius 3 is 2.52 bits per heavy atom. The van der Waals surface area contributed by atoms with E-state index in [0.29, 0.717) is 22.6 Å². The molecule has 0 amide bonds. The zero-order valence-corrected chi connectivity index (χ0v) is 19.1. The van der Waals surface area contributed by atoms with Gasteiger partial charge in [-0.3, -0.25) is 0 Å². The first kappa shape index (κ1) is 20.0. The molecule has 5 aromatic rings. The highest BCUT2D eigenvalue weighted by Crippen LogP contribution is 2.41. The summed E-state index contributed by atoms with van der Waals surface area (Å²) < 4.78 is 7.16. The molecule has 2 aromatic heterocycles. The zero-order chi connectivity index (χ0) is 22.5. The highest BCUT2D eigenvalue weighted by molar-refractivity contribution is 6.36. The summed E-state index contributed by atoms with van der Waals surface area (Å²) in [5, 5.41) is 9.73. The molecule has 0 bridgehead atoms. The number of nitrogens with zero attached hydrogens (tertiary/aromatic N) is 5. The molecule has 0 atom stereocenters. The van der Waals surface area contributed by atoms with Crippen LogP contribution in [0.4, 0.5) is 11.5 Å². The minimum Gasteiger partial charge on any atom is -0.467 e. The number of benzene rings is 3. The van der Waals surface area contributed by atoms with Gasteiger partial charge < -0.3 is 9.64 Å². The Kier molecular flexibility index (Phi) is 4.69. The minimum atomic E-state index is 0.371. The van der Waals surface area contributed by atoms with E-state index in [9.17, 15) is 0 Å². The quantitative estimate of drug-likeness (QED) is 0.313. The summed E-state index contributed by atoms with van der Waals surface area (Å²) in [4.78, 5) is 6.84. The third-order valence-corrected chi connectivity index (χ3v) is 6.62. The molecule has 1 fully saturated rings. The normalized spacial score (nSPS) is 13.5. The molecule has 164 valence electrons. The van der Waals surface area contributed by atoms with Crippen molar-refractivity contribution in [1.29, 1.82) is 0 Å². The summed E-state index contributed by atoms with van der Waals surface area (Å²) in [5.41, 5.74) is 5.63. The van der Waals surface area contributed by atoms with Gasteiger partial charge in [-0.2, -0.15) is 4.98 Å². The van der Waals surface area contributed by atoms with Crippen LogP contribution in [-0.4, -0.2) is 33.7 Å². The predicted molar refractivity (Wildman–Crippen MR) is 132 cm³/mol. The molecule has 6 rings (SSSR count). The number of hydrogen-bond acceptors (Lipinski definition) is 5. The van der Waals surface area contributed by atoms with Crippen molar-refractivity contribution in [3.8, 4) is 17.1 Å². The molecule has 1 aliphatic carbocycles. The fourth-order valence-corrected chi connectivity index (χ4v) is 4.63. The van der Waals surface area contributed by atoms with Crippen molar-refractivity contribution in [2.75, 3.05) is 19.1 Å². The van der Waals surface area contributed by atoms with Crippen LogP contribution in [-0.2, 0) is 0 Å². The van der Waals surface area contributed by atoms with Crippen LogP contribution in [0.5, 0.6) is 6.01 Å². The topological polar surface area (TPSA) is 55.6 Å². The molecule has 1 saturated carbocycles. The van der Waals surface area contributed by atoms with Crippen LogP contribution >= 0.6 is 11.6 Å². The largest absolute Gasteiger partial charge is 0.467 e. The molecule has 3 aromatic carbocycles. The van der Waals surface area contributed by atoms with Crippen molar-refractivity contribution in [2.45, 2.75) is 18.8 Å². The van der Waals surface area contributed by atoms with Crippen LogP contribution in [0, 0.1) is 0 Å². The van der Waals surface area contributed by atoms with Gasteiger partial charge in [0.2, 0.25) is 0 Å². The number of halogens is 1. The van der Waals surface area contributed by atoms with Gasteiger partial charge in [-0.05, 0) is 59.7 Å². The van der Waals surface area contributed by atoms with Crippen molar-refractivity contribution in [2.24, 2.45) is 0 Å². The molecule has 0 saturated heterocycles. The highest BCUT2D eigenvalue weighted by Gasteiger charge is 2.23. The maximum Gasteiger partial charge on any atom is 0.323 e. The lowest BCUT2D eigenvalue weighted by Gasteiger charge is -2.22. The van der Waals surface area contributed by atoms with Gasteiger partial charge in [0.15, 0.2) is 0 Å². The number of ether oxygens (including phenoxy) is 1. The van der Waals surface area contributed by atoms with Gasteiger partial charge >= 0.3 is 6.01 Å². The Morgan fingerprint density at radius 1 is 0.970 bits per heavy atom. The third-order valence-electron chi connectivity index (χ3n) is 6.30. The second-order valence-corrected chi connectivity index (χ2v) is 8.80. The van der Waals surface area contributed by atoms with Gasteiger partial charge in [0, 0.05) is 12.7 Å². The number of methoxy groups -OCH3 is 1. The van der Waals surface area contributed by atoms with Crippen LogP contribution in [0.2, 0.25) is 5.02 Å². The van der Waals surface area contributed by atoms with Gasteiger partial charge in [-0.15, -0.1) is 5.10 Å². The molecule has 2 heterocycles. The molecular formula is C26H22ClN5O. The Bertz CT molecular complexity index is 1490. The van der Waals surface area contributed by atoms with E-state index in [1.807, 2.05) is 30.1 Å². The van der Waals surface area contributed by atoms with Crippen molar-refractivity contribution in [3.63, 3.8) is 0 Å². The lowest BCUT2D eigenvalue weighted by Crippen LogP contribution is -2.13. The number of rotatable bonds is 5. The predicted octanol–water partition coefficient (Wildman–Crippen LogP) is 6.25. The monoisotopic (exact) mass is 455 g/mol. The Hall–Kier alpha value is -3.64. The average molecular weight is 456 g/mol. The van der Waals surface area contributed by atoms with E-state index in [1.54, 1.807) is 11.5 Å². The van der Waals surface area contributed by atoms with Crippen molar-refractivity contribution < 1.29 is 4.74 Å². The van der Waals surface area contributed by atoms with Crippen LogP contribution in [0.3, 0.4) is 0 Å². The lowest BCUT2D eigenvalue weighted by atomic mass is 10.0. The summed E-state index contributed by atoms with van der Waals surface area (Å²) in [7, 11) is 3.56. The van der Waals surface area contributed by atoms with E-state index >= 15 is 0 Å². The molecule has 0 radical (unpaired) electrons. The number of anilines is 2. The Morgan fingerprint density at radius 2 is 1.76 bits per heavy atom. The summed E-state index contributed by atoms with van der Waals surface area (Å²) in [6.45, 7) is 0. The molecule has 1 aliphatic rings. The van der Waals surface area contributed by atoms with E-state index in [4.69, 9.17) is 21.3 Å². The van der Waals surface area contributed by atoms with Gasteiger partial charge in [-0.25, -0.2) is 4.40 Å². The van der Waals surface area contributed by atoms with Crippen LogP contribution in [0.1, 0.15) is 24.3 Å². The fourth-order valence-electron chi connectivity index (χ4n) is 4.37. The first-order chi connectivity index (χ1) is 16.1. The van der Waals surface area contributed by atoms with E-state index in [1.165, 1.54) is 24.0 Å². The lowest BCUT2D eigenvalue weighted by molar-refractivity contribution is 0.377. The van der Waals surface area contributed by atoms with Crippen molar-refractivity contribution in [1.82, 2.24) is 19.6 Å². The van der Waals surface area contributed by atoms with Gasteiger partial charge in [0.1, 0.15) is 5.82 Å². The SMILES string of the molecule is COc1nnc2nc(N(C)c3cccc(-c4ccc(C5CC5)cc4)c3)c3c(Cl)cccc3n12. The smallest absolute Gasteiger partial charge is 0.323 e. The van der Waals surface area contributed by atoms with Crippen LogP contribution in [0.25, 0.3) is 27.8 Å². The van der Waals surface area contributed by atoms with Crippen LogP contribution in [0.15, 0.2) is 66.7 Å². The zero-order valence-electron chi connectivity index (χ0n) is 18.4. The third kappa shape index (κ3) is 3.38. The fraction of sp³-hybridized carbons (Fsp3) is 0.192. The summed E-state index contributed by atoms with van der Waals surface area (Å²) in [5.74, 6) is 1.92. The Balaban J connectivity index is 1.46. The van der Waals surface area contributed by atoms with Gasteiger partial charge in [0.25, 0.3) is 5.78 Å². The van der Waals surface area contributed by atoms with Crippen LogP contribution < -0.4 is 9.64 Å². The summed E-state index contributed by atoms with van der Waals surface area (Å²) >= 11 is 6.67. The molecule has 0 aliphatic heterocycles. The van der Waals surface area contributed by atoms with E-state index in [2.05, 4.69) is 58.7 Å². The standard InChI is InChI=1S/C26H22ClN5O/c1-31(20-6-3-5-19(15-20)18-13-11-17(12-14-18)16-9-10-16)24-23-21(27)7-4-8-22(23)32-25(28-24)29-30-26(32)33-2/h3-8,11-16H,9-10H2,1-2H3. The summed E-state index contributed by atoms with van der Waals surface area (Å²) in [6, 6.07) is 23.5. The number of hydrogen-bond donors (Lipinski definition) is 0. The second-order valence-electron chi connectivity index (χ2n) is 8.40. The highest BCUT2D eigenvalue weighted by atomic mass is 35.5. The first-order valence-electron chi connectivity index (χ1n) is 11.0. The molecular weight excluding hydrogens is 434 g/mol. The first-order valence-corrected chi connectivity index (χ1v) is 11.3. The maximum atomic E-state index is 6.67. The number of fused-ring (bicyclic) bond motifs is 3.